The highest BCUT2D eigenvalue weighted by atomic mass is 19.4. The number of hydrogen-bond acceptors (Lipinski definition) is 7. The van der Waals surface area contributed by atoms with E-state index >= 15 is 0 Å². The number of nitrogens with zero attached hydrogens (tertiary/aromatic N) is 3. The van der Waals surface area contributed by atoms with Gasteiger partial charge in [-0.05, 0) is 71.0 Å². The number of carbonyl (C=O) groups excluding carboxylic acids is 4. The first kappa shape index (κ1) is 48.1. The Bertz CT molecular complexity index is 2140. The van der Waals surface area contributed by atoms with Crippen molar-refractivity contribution in [2.45, 2.75) is 104 Å². The van der Waals surface area contributed by atoms with Crippen molar-refractivity contribution in [1.29, 1.82) is 0 Å². The fraction of sp³-hybridized carbons (Fsp3) is 0.438. The van der Waals surface area contributed by atoms with E-state index in [0.29, 0.717) is 5.56 Å². The Morgan fingerprint density at radius 2 is 1.37 bits per heavy atom. The molecule has 1 aromatic heterocycles. The highest BCUT2D eigenvalue weighted by Crippen LogP contribution is 2.31. The van der Waals surface area contributed by atoms with Crippen molar-refractivity contribution >= 4 is 23.9 Å². The smallest absolute Gasteiger partial charge is 0.416 e. The summed E-state index contributed by atoms with van der Waals surface area (Å²) in [5.41, 5.74) is 1.60. The first-order valence-electron chi connectivity index (χ1n) is 21.0. The van der Waals surface area contributed by atoms with Crippen LogP contribution in [0.4, 0.5) is 22.8 Å². The molecular formula is C48H59F3N6O6. The van der Waals surface area contributed by atoms with Crippen LogP contribution in [0.15, 0.2) is 103 Å². The van der Waals surface area contributed by atoms with E-state index in [1.54, 1.807) is 6.20 Å². The Hall–Kier alpha value is -5.96. The molecule has 1 aliphatic rings. The van der Waals surface area contributed by atoms with Crippen LogP contribution < -0.4 is 16.0 Å². The number of methoxy groups -OCH3 is 1. The van der Waals surface area contributed by atoms with E-state index in [9.17, 15) is 37.5 Å². The summed E-state index contributed by atoms with van der Waals surface area (Å²) < 4.78 is 44.4. The van der Waals surface area contributed by atoms with Gasteiger partial charge >= 0.3 is 18.3 Å². The van der Waals surface area contributed by atoms with Crippen LogP contribution in [0, 0.1) is 10.8 Å². The second kappa shape index (κ2) is 20.5. The summed E-state index contributed by atoms with van der Waals surface area (Å²) >= 11 is 0. The molecule has 0 radical (unpaired) electrons. The number of pyridine rings is 1. The number of halogens is 3. The quantitative estimate of drug-likeness (QED) is 0.0916. The third-order valence-electron chi connectivity index (χ3n) is 11.1. The lowest BCUT2D eigenvalue weighted by molar-refractivity contribution is -0.137. The Morgan fingerprint density at radius 1 is 0.746 bits per heavy atom. The molecule has 12 nitrogen and oxygen atoms in total. The molecule has 0 aliphatic carbocycles. The number of alkyl halides is 3. The molecule has 338 valence electrons. The lowest BCUT2D eigenvalue weighted by Gasteiger charge is -2.38. The van der Waals surface area contributed by atoms with Gasteiger partial charge in [-0.15, -0.1) is 0 Å². The molecule has 1 fully saturated rings. The second-order valence-corrected chi connectivity index (χ2v) is 18.2. The maximum Gasteiger partial charge on any atom is 0.416 e. The van der Waals surface area contributed by atoms with E-state index in [-0.39, 0.29) is 38.9 Å². The van der Waals surface area contributed by atoms with Crippen molar-refractivity contribution in [2.75, 3.05) is 20.2 Å². The normalized spacial score (nSPS) is 15.8. The summed E-state index contributed by atoms with van der Waals surface area (Å²) in [6, 6.07) is 23.3. The largest absolute Gasteiger partial charge is 0.453 e. The number of carbonyl (C=O) groups is 4. The van der Waals surface area contributed by atoms with Gasteiger partial charge in [-0.25, -0.2) is 9.59 Å². The molecule has 0 unspecified atom stereocenters. The van der Waals surface area contributed by atoms with Gasteiger partial charge < -0.3 is 35.6 Å². The van der Waals surface area contributed by atoms with E-state index < -0.39 is 76.8 Å². The molecule has 3 aromatic carbocycles. The summed E-state index contributed by atoms with van der Waals surface area (Å²) in [5.74, 6) is -0.979. The molecule has 5 rings (SSSR count). The topological polar surface area (TPSA) is 153 Å². The van der Waals surface area contributed by atoms with Crippen molar-refractivity contribution in [1.82, 2.24) is 30.7 Å². The minimum absolute atomic E-state index is 0.00959. The number of rotatable bonds is 16. The van der Waals surface area contributed by atoms with E-state index in [1.165, 1.54) is 29.0 Å². The van der Waals surface area contributed by atoms with Gasteiger partial charge in [-0.3, -0.25) is 14.6 Å². The van der Waals surface area contributed by atoms with Crippen LogP contribution in [0.5, 0.6) is 0 Å². The second-order valence-electron chi connectivity index (χ2n) is 18.2. The zero-order valence-corrected chi connectivity index (χ0v) is 36.9. The van der Waals surface area contributed by atoms with Crippen molar-refractivity contribution < 1.29 is 42.2 Å². The van der Waals surface area contributed by atoms with Crippen molar-refractivity contribution in [3.05, 3.63) is 126 Å². The zero-order chi connectivity index (χ0) is 46.1. The zero-order valence-electron chi connectivity index (χ0n) is 36.9. The highest BCUT2D eigenvalue weighted by molar-refractivity contribution is 5.89. The molecular weight excluding hydrogens is 814 g/mol. The van der Waals surface area contributed by atoms with Gasteiger partial charge in [0, 0.05) is 37.4 Å². The van der Waals surface area contributed by atoms with E-state index in [2.05, 4.69) is 20.9 Å². The number of amides is 5. The minimum Gasteiger partial charge on any atom is -0.453 e. The van der Waals surface area contributed by atoms with Gasteiger partial charge in [0.05, 0.1) is 30.5 Å². The van der Waals surface area contributed by atoms with E-state index in [0.717, 1.165) is 34.5 Å². The fourth-order valence-corrected chi connectivity index (χ4v) is 7.84. The number of urea groups is 1. The number of aliphatic hydroxyl groups is 1. The molecule has 15 heteroatoms. The number of ether oxygens (including phenoxy) is 1. The van der Waals surface area contributed by atoms with Gasteiger partial charge in [0.1, 0.15) is 12.1 Å². The minimum atomic E-state index is -4.49. The summed E-state index contributed by atoms with van der Waals surface area (Å²) in [4.78, 5) is 62.3. The lowest BCUT2D eigenvalue weighted by Crippen LogP contribution is -2.59. The Labute approximate surface area is 367 Å². The number of nitrogens with one attached hydrogen (secondary N) is 3. The molecule has 0 saturated carbocycles. The average molecular weight is 873 g/mol. The molecule has 0 bridgehead atoms. The SMILES string of the molecule is COC(=O)N[C@H](C(=O)N[C@@H](Cc1ccc(-c2ccccn2)cc1)C[C@H](O)[C@H](Cc1ccccc1)NC(=O)[C@@H](N1CCN(Cc2ccc(C(F)(F)F)cc2)C1=O)C(C)(C)C)C(C)(C)C. The number of benzene rings is 3. The maximum atomic E-state index is 14.6. The van der Waals surface area contributed by atoms with Crippen LogP contribution in [-0.2, 0) is 39.9 Å². The third kappa shape index (κ3) is 13.3. The van der Waals surface area contributed by atoms with Gasteiger partial charge in [0.2, 0.25) is 11.8 Å². The Kier molecular flexibility index (Phi) is 15.6. The van der Waals surface area contributed by atoms with E-state index in [4.69, 9.17) is 4.74 Å². The van der Waals surface area contributed by atoms with Crippen LogP contribution >= 0.6 is 0 Å². The molecule has 5 amide bonds. The van der Waals surface area contributed by atoms with Crippen LogP contribution in [0.3, 0.4) is 0 Å². The number of hydrogen-bond donors (Lipinski definition) is 4. The average Bonchev–Trinajstić information content (AvgIpc) is 3.57. The summed E-state index contributed by atoms with van der Waals surface area (Å²) in [6.45, 7) is 11.4. The Morgan fingerprint density at radius 3 is 1.94 bits per heavy atom. The summed E-state index contributed by atoms with van der Waals surface area (Å²) in [7, 11) is 1.21. The molecule has 1 saturated heterocycles. The summed E-state index contributed by atoms with van der Waals surface area (Å²) in [5, 5.41) is 21.0. The summed E-state index contributed by atoms with van der Waals surface area (Å²) in [6.07, 6.45) is -4.28. The van der Waals surface area contributed by atoms with Crippen LogP contribution in [-0.4, -0.2) is 94.3 Å². The molecule has 2 heterocycles. The van der Waals surface area contributed by atoms with E-state index in [1.807, 2.05) is 114 Å². The van der Waals surface area contributed by atoms with Crippen LogP contribution in [0.25, 0.3) is 11.3 Å². The number of aromatic nitrogens is 1. The first-order valence-corrected chi connectivity index (χ1v) is 21.0. The standard InChI is InChI=1S/C48H59F3N6O6/c1-46(2,3)40(55-44(61)63-7)42(59)53-36(27-32-16-20-34(21-17-32)37-15-11-12-24-52-37)29-39(58)38(28-31-13-9-8-10-14-31)54-43(60)41(47(4,5)6)57-26-25-56(45(57)62)30-33-18-22-35(23-19-33)48(49,50)51/h8-24,36,38-41,58H,25-30H2,1-7H3,(H,53,59)(H,54,60)(H,55,61)/t36-,38-,39-,40+,41+/m0/s1. The molecule has 4 aromatic rings. The predicted molar refractivity (Wildman–Crippen MR) is 234 cm³/mol. The third-order valence-corrected chi connectivity index (χ3v) is 11.1. The van der Waals surface area contributed by atoms with Gasteiger partial charge in [-0.1, -0.05) is 114 Å². The molecule has 63 heavy (non-hydrogen) atoms. The number of aliphatic hydroxyl groups excluding tert-OH is 1. The predicted octanol–water partition coefficient (Wildman–Crippen LogP) is 7.40. The maximum absolute atomic E-state index is 14.6. The lowest BCUT2D eigenvalue weighted by atomic mass is 9.84. The molecule has 0 spiro atoms. The molecule has 1 aliphatic heterocycles. The van der Waals surface area contributed by atoms with Gasteiger partial charge in [0.15, 0.2) is 0 Å². The van der Waals surface area contributed by atoms with Crippen LogP contribution in [0.1, 0.15) is 70.2 Å². The first-order chi connectivity index (χ1) is 29.6. The Balaban J connectivity index is 1.40. The molecule has 4 N–H and O–H groups in total. The highest BCUT2D eigenvalue weighted by Gasteiger charge is 2.44. The van der Waals surface area contributed by atoms with Gasteiger partial charge in [0.25, 0.3) is 0 Å². The molecule has 5 atom stereocenters. The fourth-order valence-electron chi connectivity index (χ4n) is 7.84. The van der Waals surface area contributed by atoms with Crippen LogP contribution in [0.2, 0.25) is 0 Å². The van der Waals surface area contributed by atoms with Gasteiger partial charge in [-0.2, -0.15) is 13.2 Å². The van der Waals surface area contributed by atoms with Crippen molar-refractivity contribution in [3.8, 4) is 11.3 Å². The number of alkyl carbamates (subject to hydrolysis) is 1. The van der Waals surface area contributed by atoms with Crippen molar-refractivity contribution in [3.63, 3.8) is 0 Å². The monoisotopic (exact) mass is 872 g/mol. The van der Waals surface area contributed by atoms with Crippen molar-refractivity contribution in [2.24, 2.45) is 10.8 Å².